The zero-order chi connectivity index (χ0) is 11.2. The van der Waals surface area contributed by atoms with Gasteiger partial charge in [-0.15, -0.1) is 0 Å². The quantitative estimate of drug-likeness (QED) is 0.649. The van der Waals surface area contributed by atoms with Gasteiger partial charge in [-0.2, -0.15) is 9.21 Å². The minimum Gasteiger partial charge on any atom is -0.190 e. The molecule has 0 aliphatic rings. The highest BCUT2D eigenvalue weighted by Crippen LogP contribution is 2.27. The molecule has 0 unspecified atom stereocenters. The summed E-state index contributed by atoms with van der Waals surface area (Å²) < 4.78 is 0. The smallest absolute Gasteiger partial charge is 0.00415 e. The van der Waals surface area contributed by atoms with Crippen LogP contribution in [0, 0.1) is 0 Å². The Bertz CT molecular complexity index is 341. The van der Waals surface area contributed by atoms with Crippen LogP contribution in [0.4, 0.5) is 0 Å². The summed E-state index contributed by atoms with van der Waals surface area (Å²) in [6.45, 7) is 6.16. The number of hydrogen-bond acceptors (Lipinski definition) is 0. The summed E-state index contributed by atoms with van der Waals surface area (Å²) >= 11 is 0. The first-order valence-corrected chi connectivity index (χ1v) is 7.45. The van der Waals surface area contributed by atoms with Gasteiger partial charge in [0.05, 0.1) is 0 Å². The maximum atomic E-state index is 4.07. The second-order valence-corrected chi connectivity index (χ2v) is 6.29. The van der Waals surface area contributed by atoms with E-state index >= 15 is 0 Å². The molecule has 0 aromatic heterocycles. The molecule has 1 rings (SSSR count). The van der Waals surface area contributed by atoms with E-state index in [2.05, 4.69) is 49.2 Å². The predicted octanol–water partition coefficient (Wildman–Crippen LogP) is 3.93. The zero-order valence-corrected chi connectivity index (χ0v) is 10.7. The lowest BCUT2D eigenvalue weighted by Gasteiger charge is -2.07. The fourth-order valence-corrected chi connectivity index (χ4v) is 1.85. The van der Waals surface area contributed by atoms with Crippen molar-refractivity contribution < 1.29 is 0 Å². The molecule has 0 spiro atoms. The molecule has 0 radical (unpaired) electrons. The molecule has 0 fully saturated rings. The van der Waals surface area contributed by atoms with E-state index in [0.717, 1.165) is 6.42 Å². The largest absolute Gasteiger partial charge is 0.190 e. The second-order valence-electron chi connectivity index (χ2n) is 3.27. The van der Waals surface area contributed by atoms with E-state index in [4.69, 9.17) is 0 Å². The molecule has 0 amide bonds. The Hall–Kier alpha value is -0.690. The van der Waals surface area contributed by atoms with Gasteiger partial charge in [0.2, 0.25) is 0 Å². The van der Waals surface area contributed by atoms with Gasteiger partial charge in [0.15, 0.2) is 0 Å². The van der Waals surface area contributed by atoms with Gasteiger partial charge in [-0.25, -0.2) is 0 Å². The Morgan fingerprint density at radius 3 is 1.79 bits per heavy atom. The lowest BCUT2D eigenvalue weighted by molar-refractivity contribution is 1.13. The van der Waals surface area contributed by atoms with Crippen molar-refractivity contribution in [2.24, 2.45) is 0 Å². The van der Waals surface area contributed by atoms with E-state index in [0.29, 0.717) is 0 Å². The van der Waals surface area contributed by atoms with E-state index in [9.17, 15) is 0 Å². The maximum Gasteiger partial charge on any atom is -0.00415 e. The highest BCUT2D eigenvalue weighted by Gasteiger charge is 1.94. The molecular weight excluding hydrogens is 188 g/mol. The van der Waals surface area contributed by atoms with Crippen LogP contribution in [0.15, 0.2) is 29.2 Å². The Balaban J connectivity index is 0.000000791. The van der Waals surface area contributed by atoms with Crippen molar-refractivity contribution in [1.82, 2.24) is 0 Å². The first kappa shape index (κ1) is 13.3. The molecular formula is C13H22S. The molecule has 0 saturated carbocycles. The Morgan fingerprint density at radius 1 is 1.07 bits per heavy atom. The van der Waals surface area contributed by atoms with Crippen LogP contribution < -0.4 is 0 Å². The standard InChI is InChI=1S/C11H16S.C2H6/c1-5-10-6-8-11(9-7-10)12(2,3)4;1-2/h6-9H,2-3,5H2,1,4H3;1-2H3. The fraction of sp³-hybridized carbons (Fsp3) is 0.385. The molecule has 0 N–H and O–H groups in total. The lowest BCUT2D eigenvalue weighted by Crippen LogP contribution is -1.81. The van der Waals surface area contributed by atoms with Crippen molar-refractivity contribution in [3.8, 4) is 0 Å². The number of benzene rings is 1. The van der Waals surface area contributed by atoms with E-state index in [1.807, 2.05) is 13.8 Å². The van der Waals surface area contributed by atoms with Crippen LogP contribution in [0.5, 0.6) is 0 Å². The number of hydrogen-bond donors (Lipinski definition) is 0. The van der Waals surface area contributed by atoms with Gasteiger partial charge in [-0.3, -0.25) is 0 Å². The Labute approximate surface area is 89.5 Å². The first-order chi connectivity index (χ1) is 6.54. The Morgan fingerprint density at radius 2 is 1.50 bits per heavy atom. The van der Waals surface area contributed by atoms with E-state index in [1.54, 1.807) is 0 Å². The van der Waals surface area contributed by atoms with E-state index in [1.165, 1.54) is 10.5 Å². The summed E-state index contributed by atoms with van der Waals surface area (Å²) in [7, 11) is -1.03. The van der Waals surface area contributed by atoms with Crippen molar-refractivity contribution >= 4 is 20.9 Å². The monoisotopic (exact) mass is 210 g/mol. The topological polar surface area (TPSA) is 0 Å². The van der Waals surface area contributed by atoms with Crippen LogP contribution in [0.25, 0.3) is 0 Å². The summed E-state index contributed by atoms with van der Waals surface area (Å²) in [6.07, 6.45) is 3.20. The molecule has 0 heterocycles. The fourth-order valence-electron chi connectivity index (χ4n) is 1.05. The molecule has 0 bridgehead atoms. The van der Waals surface area contributed by atoms with Gasteiger partial charge in [-0.1, -0.05) is 44.6 Å². The van der Waals surface area contributed by atoms with Crippen LogP contribution in [0.3, 0.4) is 0 Å². The summed E-state index contributed by atoms with van der Waals surface area (Å²) in [4.78, 5) is 1.28. The average molecular weight is 210 g/mol. The average Bonchev–Trinajstić information content (AvgIpc) is 2.20. The minimum atomic E-state index is -1.03. The summed E-state index contributed by atoms with van der Waals surface area (Å²) in [6, 6.07) is 8.62. The number of aryl methyl sites for hydroxylation is 1. The highest BCUT2D eigenvalue weighted by atomic mass is 32.2. The summed E-state index contributed by atoms with van der Waals surface area (Å²) in [5.74, 6) is 8.14. The maximum absolute atomic E-state index is 4.07. The highest BCUT2D eigenvalue weighted by molar-refractivity contribution is 8.27. The molecule has 0 nitrogen and oxygen atoms in total. The third kappa shape index (κ3) is 4.01. The van der Waals surface area contributed by atoms with Crippen molar-refractivity contribution in [2.45, 2.75) is 32.1 Å². The van der Waals surface area contributed by atoms with Crippen LogP contribution in [0.2, 0.25) is 0 Å². The summed E-state index contributed by atoms with van der Waals surface area (Å²) in [5.41, 5.74) is 1.38. The van der Waals surface area contributed by atoms with Gasteiger partial charge >= 0.3 is 0 Å². The molecule has 14 heavy (non-hydrogen) atoms. The van der Waals surface area contributed by atoms with Crippen molar-refractivity contribution in [1.29, 1.82) is 0 Å². The predicted molar refractivity (Wildman–Crippen MR) is 73.2 cm³/mol. The van der Waals surface area contributed by atoms with Crippen molar-refractivity contribution in [2.75, 3.05) is 6.26 Å². The molecule has 0 aliphatic heterocycles. The van der Waals surface area contributed by atoms with Crippen LogP contribution in [-0.4, -0.2) is 18.0 Å². The summed E-state index contributed by atoms with van der Waals surface area (Å²) in [5, 5.41) is 0. The van der Waals surface area contributed by atoms with E-state index in [-0.39, 0.29) is 0 Å². The van der Waals surface area contributed by atoms with Crippen molar-refractivity contribution in [3.05, 3.63) is 29.8 Å². The minimum absolute atomic E-state index is 1.03. The molecule has 0 saturated heterocycles. The first-order valence-electron chi connectivity index (χ1n) is 5.07. The third-order valence-corrected chi connectivity index (χ3v) is 3.31. The van der Waals surface area contributed by atoms with Gasteiger partial charge in [0.25, 0.3) is 0 Å². The zero-order valence-electron chi connectivity index (χ0n) is 9.84. The molecule has 0 atom stereocenters. The Kier molecular flexibility index (Phi) is 5.63. The lowest BCUT2D eigenvalue weighted by atomic mass is 10.2. The third-order valence-electron chi connectivity index (χ3n) is 1.90. The number of rotatable bonds is 2. The molecule has 1 aromatic rings. The molecule has 80 valence electrons. The van der Waals surface area contributed by atoms with Crippen LogP contribution in [-0.2, 0) is 6.42 Å². The van der Waals surface area contributed by atoms with Gasteiger partial charge < -0.3 is 0 Å². The van der Waals surface area contributed by atoms with Gasteiger partial charge in [-0.05, 0) is 35.3 Å². The van der Waals surface area contributed by atoms with Gasteiger partial charge in [0.1, 0.15) is 0 Å². The van der Waals surface area contributed by atoms with Crippen molar-refractivity contribution in [3.63, 3.8) is 0 Å². The van der Waals surface area contributed by atoms with Crippen LogP contribution in [0.1, 0.15) is 26.3 Å². The van der Waals surface area contributed by atoms with Gasteiger partial charge in [0, 0.05) is 0 Å². The SMILES string of the molecule is C=S(=C)(C)c1ccc(CC)cc1.CC. The molecule has 0 aliphatic carbocycles. The molecule has 1 aromatic carbocycles. The van der Waals surface area contributed by atoms with E-state index < -0.39 is 9.21 Å². The second kappa shape index (κ2) is 5.92. The van der Waals surface area contributed by atoms with Crippen LogP contribution >= 0.6 is 9.21 Å². The normalized spacial score (nSPS) is 10.3. The molecule has 1 heteroatoms.